The van der Waals surface area contributed by atoms with Crippen molar-refractivity contribution in [1.29, 1.82) is 0 Å². The van der Waals surface area contributed by atoms with Gasteiger partial charge in [-0.3, -0.25) is 4.90 Å². The molecule has 0 unspecified atom stereocenters. The fourth-order valence-corrected chi connectivity index (χ4v) is 1.67. The number of benzene rings is 1. The maximum absolute atomic E-state index is 13.5. The first-order valence-electron chi connectivity index (χ1n) is 5.20. The summed E-state index contributed by atoms with van der Waals surface area (Å²) >= 11 is 5.92. The third-order valence-electron chi connectivity index (χ3n) is 2.40. The van der Waals surface area contributed by atoms with Gasteiger partial charge in [-0.15, -0.1) is 0 Å². The summed E-state index contributed by atoms with van der Waals surface area (Å²) in [6, 6.07) is 4.55. The molecule has 0 aliphatic heterocycles. The number of hydrogen-bond acceptors (Lipinski definition) is 3. The van der Waals surface area contributed by atoms with Crippen LogP contribution in [0.3, 0.4) is 0 Å². The van der Waals surface area contributed by atoms with Crippen LogP contribution in [0.15, 0.2) is 23.4 Å². The van der Waals surface area contributed by atoms with Crippen molar-refractivity contribution in [1.82, 2.24) is 4.90 Å². The molecule has 0 aromatic heterocycles. The molecule has 0 aliphatic rings. The number of amidine groups is 1. The summed E-state index contributed by atoms with van der Waals surface area (Å²) in [5.41, 5.74) is 5.83. The molecule has 94 valence electrons. The minimum absolute atomic E-state index is 0.0827. The second-order valence-corrected chi connectivity index (χ2v) is 4.00. The fraction of sp³-hybridized carbons (Fsp3) is 0.364. The van der Waals surface area contributed by atoms with Crippen LogP contribution in [-0.4, -0.2) is 29.0 Å². The monoisotopic (exact) mass is 259 g/mol. The molecule has 3 N–H and O–H groups in total. The molecule has 17 heavy (non-hydrogen) atoms. The smallest absolute Gasteiger partial charge is 0.153 e. The predicted octanol–water partition coefficient (Wildman–Crippen LogP) is 2.05. The van der Waals surface area contributed by atoms with Crippen LogP contribution in [0.25, 0.3) is 0 Å². The zero-order chi connectivity index (χ0) is 12.8. The molecule has 0 radical (unpaired) electrons. The molecule has 0 heterocycles. The molecule has 1 aromatic rings. The van der Waals surface area contributed by atoms with Crippen LogP contribution in [-0.2, 0) is 6.54 Å². The lowest BCUT2D eigenvalue weighted by atomic mass is 10.2. The Kier molecular flexibility index (Phi) is 5.18. The van der Waals surface area contributed by atoms with E-state index in [4.69, 9.17) is 22.5 Å². The minimum atomic E-state index is -0.351. The van der Waals surface area contributed by atoms with Gasteiger partial charge in [0.2, 0.25) is 0 Å². The zero-order valence-corrected chi connectivity index (χ0v) is 10.3. The molecule has 4 nitrogen and oxygen atoms in total. The van der Waals surface area contributed by atoms with Gasteiger partial charge in [-0.2, -0.15) is 0 Å². The summed E-state index contributed by atoms with van der Waals surface area (Å²) in [7, 11) is 0. The second-order valence-electron chi connectivity index (χ2n) is 3.59. The van der Waals surface area contributed by atoms with E-state index in [9.17, 15) is 4.39 Å². The first kappa shape index (κ1) is 13.7. The zero-order valence-electron chi connectivity index (χ0n) is 9.53. The van der Waals surface area contributed by atoms with Crippen molar-refractivity contribution in [3.05, 3.63) is 34.6 Å². The van der Waals surface area contributed by atoms with Gasteiger partial charge in [0.05, 0.1) is 6.54 Å². The van der Waals surface area contributed by atoms with Crippen molar-refractivity contribution in [2.24, 2.45) is 10.9 Å². The van der Waals surface area contributed by atoms with E-state index in [0.29, 0.717) is 23.7 Å². The van der Waals surface area contributed by atoms with E-state index in [2.05, 4.69) is 5.16 Å². The van der Waals surface area contributed by atoms with E-state index in [-0.39, 0.29) is 18.2 Å². The molecule has 1 aromatic carbocycles. The number of rotatable bonds is 5. The summed E-state index contributed by atoms with van der Waals surface area (Å²) in [4.78, 5) is 1.82. The van der Waals surface area contributed by atoms with Crippen LogP contribution in [0.2, 0.25) is 5.02 Å². The Morgan fingerprint density at radius 1 is 1.59 bits per heavy atom. The lowest BCUT2D eigenvalue weighted by Gasteiger charge is -2.20. The third-order valence-corrected chi connectivity index (χ3v) is 2.76. The highest BCUT2D eigenvalue weighted by Gasteiger charge is 2.12. The molecule has 0 bridgehead atoms. The van der Waals surface area contributed by atoms with Crippen molar-refractivity contribution in [3.63, 3.8) is 0 Å². The minimum Gasteiger partial charge on any atom is -0.409 e. The average Bonchev–Trinajstić information content (AvgIpc) is 2.32. The van der Waals surface area contributed by atoms with E-state index < -0.39 is 0 Å². The molecular formula is C11H15ClFN3O. The van der Waals surface area contributed by atoms with Gasteiger partial charge >= 0.3 is 0 Å². The van der Waals surface area contributed by atoms with Crippen LogP contribution >= 0.6 is 11.6 Å². The number of likely N-dealkylation sites (N-methyl/N-ethyl adjacent to an activating group) is 1. The lowest BCUT2D eigenvalue weighted by molar-refractivity contribution is 0.292. The lowest BCUT2D eigenvalue weighted by Crippen LogP contribution is -2.33. The summed E-state index contributed by atoms with van der Waals surface area (Å²) in [6.45, 7) is 3.12. The highest BCUT2D eigenvalue weighted by molar-refractivity contribution is 6.31. The summed E-state index contributed by atoms with van der Waals surface area (Å²) < 4.78 is 13.5. The Bertz CT molecular complexity index is 391. The first-order chi connectivity index (χ1) is 8.08. The van der Waals surface area contributed by atoms with Crippen LogP contribution in [0.5, 0.6) is 0 Å². The average molecular weight is 260 g/mol. The van der Waals surface area contributed by atoms with E-state index in [1.807, 2.05) is 11.8 Å². The topological polar surface area (TPSA) is 61.8 Å². The highest BCUT2D eigenvalue weighted by atomic mass is 35.5. The molecular weight excluding hydrogens is 245 g/mol. The Balaban J connectivity index is 2.80. The molecule has 0 fully saturated rings. The standard InChI is InChI=1S/C11H15ClFN3O/c1-2-16(7-11(14)15-17)6-8-9(12)4-3-5-10(8)13/h3-5,17H,2,6-7H2,1H3,(H2,14,15). The molecule has 0 amide bonds. The van der Waals surface area contributed by atoms with Gasteiger partial charge in [0.1, 0.15) is 5.82 Å². The normalized spacial score (nSPS) is 12.1. The number of nitrogens with zero attached hydrogens (tertiary/aromatic N) is 2. The molecule has 6 heteroatoms. The third kappa shape index (κ3) is 3.87. The molecule has 0 saturated carbocycles. The maximum Gasteiger partial charge on any atom is 0.153 e. The fourth-order valence-electron chi connectivity index (χ4n) is 1.45. The first-order valence-corrected chi connectivity index (χ1v) is 5.58. The molecule has 0 spiro atoms. The van der Waals surface area contributed by atoms with Gasteiger partial charge in [-0.25, -0.2) is 4.39 Å². The Morgan fingerprint density at radius 2 is 2.29 bits per heavy atom. The Labute approximate surface area is 104 Å². The maximum atomic E-state index is 13.5. The SMILES string of the molecule is CCN(CC(N)=NO)Cc1c(F)cccc1Cl. The van der Waals surface area contributed by atoms with Crippen molar-refractivity contribution in [2.45, 2.75) is 13.5 Å². The number of hydrogen-bond donors (Lipinski definition) is 2. The van der Waals surface area contributed by atoms with E-state index in [0.717, 1.165) is 0 Å². The van der Waals surface area contributed by atoms with Crippen molar-refractivity contribution in [2.75, 3.05) is 13.1 Å². The van der Waals surface area contributed by atoms with Gasteiger partial charge in [0.15, 0.2) is 5.84 Å². The molecule has 0 atom stereocenters. The highest BCUT2D eigenvalue weighted by Crippen LogP contribution is 2.20. The second kappa shape index (κ2) is 6.42. The summed E-state index contributed by atoms with van der Waals surface area (Å²) in [5.74, 6) is -0.269. The molecule has 0 saturated heterocycles. The van der Waals surface area contributed by atoms with Crippen molar-refractivity contribution >= 4 is 17.4 Å². The van der Waals surface area contributed by atoms with Gasteiger partial charge in [-0.1, -0.05) is 29.7 Å². The quantitative estimate of drug-likeness (QED) is 0.368. The van der Waals surface area contributed by atoms with Crippen molar-refractivity contribution in [3.8, 4) is 0 Å². The van der Waals surface area contributed by atoms with E-state index in [1.54, 1.807) is 12.1 Å². The number of halogens is 2. The van der Waals surface area contributed by atoms with Gasteiger partial charge in [-0.05, 0) is 18.7 Å². The van der Waals surface area contributed by atoms with Crippen molar-refractivity contribution < 1.29 is 9.60 Å². The Hall–Kier alpha value is -1.33. The van der Waals surface area contributed by atoms with Gasteiger partial charge < -0.3 is 10.9 Å². The van der Waals surface area contributed by atoms with E-state index >= 15 is 0 Å². The molecule has 0 aliphatic carbocycles. The summed E-state index contributed by atoms with van der Waals surface area (Å²) in [6.07, 6.45) is 0. The predicted molar refractivity (Wildman–Crippen MR) is 65.8 cm³/mol. The number of nitrogens with two attached hydrogens (primary N) is 1. The van der Waals surface area contributed by atoms with Crippen LogP contribution in [0.4, 0.5) is 4.39 Å². The molecule has 1 rings (SSSR count). The summed E-state index contributed by atoms with van der Waals surface area (Å²) in [5, 5.41) is 11.8. The Morgan fingerprint density at radius 3 is 2.82 bits per heavy atom. The van der Waals surface area contributed by atoms with Crippen LogP contribution in [0, 0.1) is 5.82 Å². The van der Waals surface area contributed by atoms with Crippen LogP contribution < -0.4 is 5.73 Å². The largest absolute Gasteiger partial charge is 0.409 e. The van der Waals surface area contributed by atoms with Crippen LogP contribution in [0.1, 0.15) is 12.5 Å². The van der Waals surface area contributed by atoms with Gasteiger partial charge in [0, 0.05) is 17.1 Å². The number of oxime groups is 1. The van der Waals surface area contributed by atoms with E-state index in [1.165, 1.54) is 6.07 Å². The van der Waals surface area contributed by atoms with Gasteiger partial charge in [0.25, 0.3) is 0 Å².